The summed E-state index contributed by atoms with van der Waals surface area (Å²) in [5.41, 5.74) is 5.95. The molecule has 0 aliphatic rings. The number of aryl methyl sites for hydroxylation is 3. The molecule has 170 valence electrons. The van der Waals surface area contributed by atoms with Crippen LogP contribution in [0.15, 0.2) is 65.5 Å². The maximum absolute atomic E-state index is 6.00. The molecule has 8 nitrogen and oxygen atoms in total. The quantitative estimate of drug-likeness (QED) is 0.357. The maximum atomic E-state index is 6.00. The first-order valence-corrected chi connectivity index (χ1v) is 11.2. The highest BCUT2D eigenvalue weighted by atomic mass is 16.4. The van der Waals surface area contributed by atoms with Crippen LogP contribution in [0.2, 0.25) is 0 Å². The fourth-order valence-electron chi connectivity index (χ4n) is 3.92. The topological polar surface area (TPSA) is 95.4 Å². The van der Waals surface area contributed by atoms with Gasteiger partial charge in [0.15, 0.2) is 5.82 Å². The largest absolute Gasteiger partial charge is 0.420 e. The van der Waals surface area contributed by atoms with Crippen molar-refractivity contribution >= 4 is 0 Å². The maximum Gasteiger partial charge on any atom is 0.249 e. The van der Waals surface area contributed by atoms with Gasteiger partial charge in [-0.3, -0.25) is 14.5 Å². The van der Waals surface area contributed by atoms with Crippen molar-refractivity contribution in [2.45, 2.75) is 40.0 Å². The van der Waals surface area contributed by atoms with Gasteiger partial charge in [0.1, 0.15) is 5.82 Å². The highest BCUT2D eigenvalue weighted by Gasteiger charge is 2.23. The molecule has 4 heterocycles. The zero-order valence-corrected chi connectivity index (χ0v) is 19.6. The van der Waals surface area contributed by atoms with Crippen LogP contribution in [0.5, 0.6) is 0 Å². The molecule has 0 saturated carbocycles. The van der Waals surface area contributed by atoms with Gasteiger partial charge in [0.05, 0.1) is 11.3 Å². The molecule has 34 heavy (non-hydrogen) atoms. The van der Waals surface area contributed by atoms with Crippen LogP contribution in [0.4, 0.5) is 0 Å². The summed E-state index contributed by atoms with van der Waals surface area (Å²) in [5.74, 6) is 2.57. The van der Waals surface area contributed by atoms with Crippen molar-refractivity contribution < 1.29 is 4.42 Å². The summed E-state index contributed by atoms with van der Waals surface area (Å²) in [4.78, 5) is 8.54. The molecule has 0 amide bonds. The molecule has 0 radical (unpaired) electrons. The van der Waals surface area contributed by atoms with Gasteiger partial charge in [0.25, 0.3) is 0 Å². The smallest absolute Gasteiger partial charge is 0.249 e. The third-order valence-electron chi connectivity index (χ3n) is 5.86. The van der Waals surface area contributed by atoms with E-state index in [1.54, 1.807) is 12.4 Å². The van der Waals surface area contributed by atoms with Gasteiger partial charge >= 0.3 is 0 Å². The van der Waals surface area contributed by atoms with Gasteiger partial charge in [0.2, 0.25) is 11.8 Å². The van der Waals surface area contributed by atoms with Gasteiger partial charge in [-0.15, -0.1) is 20.4 Å². The van der Waals surface area contributed by atoms with Crippen LogP contribution in [0.3, 0.4) is 0 Å². The number of pyridine rings is 2. The summed E-state index contributed by atoms with van der Waals surface area (Å²) in [7, 11) is 0. The first kappa shape index (κ1) is 21.6. The number of hydrogen-bond donors (Lipinski definition) is 0. The fraction of sp³-hybridized carbons (Fsp3) is 0.231. The Kier molecular flexibility index (Phi) is 5.71. The van der Waals surface area contributed by atoms with Crippen LogP contribution in [-0.4, -0.2) is 34.9 Å². The lowest BCUT2D eigenvalue weighted by molar-refractivity contribution is 0.461. The summed E-state index contributed by atoms with van der Waals surface area (Å²) in [6.45, 7) is 8.11. The molecule has 1 unspecified atom stereocenters. The van der Waals surface area contributed by atoms with Crippen LogP contribution in [0.1, 0.15) is 41.4 Å². The van der Waals surface area contributed by atoms with E-state index in [4.69, 9.17) is 4.42 Å². The van der Waals surface area contributed by atoms with E-state index in [1.807, 2.05) is 50.4 Å². The van der Waals surface area contributed by atoms with E-state index in [0.29, 0.717) is 18.2 Å². The lowest BCUT2D eigenvalue weighted by Crippen LogP contribution is -2.09. The Morgan fingerprint density at radius 3 is 2.50 bits per heavy atom. The Morgan fingerprint density at radius 1 is 0.882 bits per heavy atom. The molecule has 0 N–H and O–H groups in total. The molecule has 0 aliphatic carbocycles. The van der Waals surface area contributed by atoms with E-state index < -0.39 is 0 Å². The standard InChI is InChI=1S/C26H25N7O/c1-16-7-5-6-8-22(16)33-23(29-30-24(33)21-11-12-27-14-18(21)3)13-17(2)25-31-32-26(34-25)20-10-9-19(4)28-15-20/h5-12,14-15,17H,13H2,1-4H3. The molecule has 8 heteroatoms. The second-order valence-corrected chi connectivity index (χ2v) is 8.49. The van der Waals surface area contributed by atoms with Crippen molar-refractivity contribution in [2.24, 2.45) is 0 Å². The molecule has 4 aromatic heterocycles. The van der Waals surface area contributed by atoms with E-state index in [9.17, 15) is 0 Å². The third-order valence-corrected chi connectivity index (χ3v) is 5.86. The summed E-state index contributed by atoms with van der Waals surface area (Å²) in [5, 5.41) is 17.7. The summed E-state index contributed by atoms with van der Waals surface area (Å²) >= 11 is 0. The first-order valence-electron chi connectivity index (χ1n) is 11.2. The minimum absolute atomic E-state index is 0.0574. The Balaban J connectivity index is 1.51. The molecule has 0 saturated heterocycles. The van der Waals surface area contributed by atoms with Crippen molar-refractivity contribution in [1.29, 1.82) is 0 Å². The van der Waals surface area contributed by atoms with Crippen LogP contribution in [0, 0.1) is 20.8 Å². The minimum atomic E-state index is -0.0574. The monoisotopic (exact) mass is 451 g/mol. The predicted octanol–water partition coefficient (Wildman–Crippen LogP) is 5.05. The van der Waals surface area contributed by atoms with Crippen molar-refractivity contribution in [2.75, 3.05) is 0 Å². The van der Waals surface area contributed by atoms with Crippen molar-refractivity contribution in [3.05, 3.63) is 89.6 Å². The zero-order chi connectivity index (χ0) is 23.7. The number of aromatic nitrogens is 7. The second-order valence-electron chi connectivity index (χ2n) is 8.49. The molecule has 0 spiro atoms. The number of benzene rings is 1. The molecular weight excluding hydrogens is 426 g/mol. The normalized spacial score (nSPS) is 12.1. The number of hydrogen-bond acceptors (Lipinski definition) is 7. The van der Waals surface area contributed by atoms with E-state index in [0.717, 1.165) is 45.3 Å². The molecule has 0 aliphatic heterocycles. The highest BCUT2D eigenvalue weighted by molar-refractivity contribution is 5.63. The van der Waals surface area contributed by atoms with Crippen LogP contribution in [0.25, 0.3) is 28.5 Å². The Bertz CT molecular complexity index is 1440. The van der Waals surface area contributed by atoms with Crippen LogP contribution in [-0.2, 0) is 6.42 Å². The second kappa shape index (κ2) is 8.97. The number of nitrogens with zero attached hydrogens (tertiary/aromatic N) is 7. The lowest BCUT2D eigenvalue weighted by atomic mass is 10.1. The van der Waals surface area contributed by atoms with Crippen molar-refractivity contribution in [3.8, 4) is 28.5 Å². The number of para-hydroxylation sites is 1. The molecule has 5 aromatic rings. The number of rotatable bonds is 6. The summed E-state index contributed by atoms with van der Waals surface area (Å²) < 4.78 is 8.12. The minimum Gasteiger partial charge on any atom is -0.420 e. The van der Waals surface area contributed by atoms with Crippen LogP contribution >= 0.6 is 0 Å². The van der Waals surface area contributed by atoms with Gasteiger partial charge in [0, 0.05) is 42.2 Å². The molecule has 0 bridgehead atoms. The highest BCUT2D eigenvalue weighted by Crippen LogP contribution is 2.29. The third kappa shape index (κ3) is 4.10. The SMILES string of the molecule is Cc1ccc(-c2nnc(C(C)Cc3nnc(-c4ccncc4C)n3-c3ccccc3C)o2)cn1. The molecule has 5 rings (SSSR count). The van der Waals surface area contributed by atoms with Gasteiger partial charge in [-0.25, -0.2) is 0 Å². The van der Waals surface area contributed by atoms with E-state index in [-0.39, 0.29) is 5.92 Å². The van der Waals surface area contributed by atoms with Gasteiger partial charge in [-0.1, -0.05) is 25.1 Å². The Morgan fingerprint density at radius 2 is 1.74 bits per heavy atom. The van der Waals surface area contributed by atoms with Crippen LogP contribution < -0.4 is 0 Å². The van der Waals surface area contributed by atoms with Crippen molar-refractivity contribution in [3.63, 3.8) is 0 Å². The van der Waals surface area contributed by atoms with Gasteiger partial charge in [-0.2, -0.15) is 0 Å². The fourth-order valence-corrected chi connectivity index (χ4v) is 3.92. The molecular formula is C26H25N7O. The zero-order valence-electron chi connectivity index (χ0n) is 19.6. The van der Waals surface area contributed by atoms with E-state index >= 15 is 0 Å². The molecule has 1 aromatic carbocycles. The average Bonchev–Trinajstić information content (AvgIpc) is 3.48. The Hall–Kier alpha value is -4.20. The Labute approximate surface area is 197 Å². The molecule has 1 atom stereocenters. The predicted molar refractivity (Wildman–Crippen MR) is 128 cm³/mol. The lowest BCUT2D eigenvalue weighted by Gasteiger charge is -2.15. The molecule has 0 fully saturated rings. The summed E-state index contributed by atoms with van der Waals surface area (Å²) in [6, 6.07) is 14.1. The van der Waals surface area contributed by atoms with E-state index in [2.05, 4.69) is 60.9 Å². The van der Waals surface area contributed by atoms with Gasteiger partial charge < -0.3 is 4.42 Å². The first-order chi connectivity index (χ1) is 16.5. The average molecular weight is 452 g/mol. The van der Waals surface area contributed by atoms with Crippen molar-refractivity contribution in [1.82, 2.24) is 34.9 Å². The van der Waals surface area contributed by atoms with E-state index in [1.165, 1.54) is 0 Å². The summed E-state index contributed by atoms with van der Waals surface area (Å²) in [6.07, 6.45) is 5.95. The van der Waals surface area contributed by atoms with Gasteiger partial charge in [-0.05, 0) is 56.2 Å².